The van der Waals surface area contributed by atoms with Gasteiger partial charge in [-0.2, -0.15) is 0 Å². The fraction of sp³-hybridized carbons (Fsp3) is 0.0952. The number of carbonyl (C=O) groups excluding carboxylic acids is 2. The minimum Gasteiger partial charge on any atom is -0.493 e. The van der Waals surface area contributed by atoms with E-state index >= 15 is 0 Å². The Morgan fingerprint density at radius 3 is 2.27 bits per heavy atom. The fourth-order valence-corrected chi connectivity index (χ4v) is 3.31. The minimum atomic E-state index is -1.23. The van der Waals surface area contributed by atoms with Gasteiger partial charge in [-0.05, 0) is 29.6 Å². The maximum absolute atomic E-state index is 12.7. The van der Waals surface area contributed by atoms with Gasteiger partial charge in [-0.3, -0.25) is 9.59 Å². The molecule has 2 amide bonds. The highest BCUT2D eigenvalue weighted by atomic mass is 32.1. The van der Waals surface area contributed by atoms with E-state index in [9.17, 15) is 19.5 Å². The third kappa shape index (κ3) is 4.58. The van der Waals surface area contributed by atoms with Crippen LogP contribution in [0.1, 0.15) is 30.4 Å². The first-order valence-electron chi connectivity index (χ1n) is 8.68. The molecule has 0 radical (unpaired) electrons. The highest BCUT2D eigenvalue weighted by Gasteiger charge is 2.19. The summed E-state index contributed by atoms with van der Waals surface area (Å²) < 4.78 is 10.3. The Balaban J connectivity index is 1.84. The number of carboxylic acid groups (broad SMARTS) is 1. The van der Waals surface area contributed by atoms with Gasteiger partial charge in [-0.15, -0.1) is 11.3 Å². The first-order chi connectivity index (χ1) is 14.4. The molecule has 0 aliphatic heterocycles. The first kappa shape index (κ1) is 20.9. The van der Waals surface area contributed by atoms with E-state index in [0.29, 0.717) is 10.6 Å². The number of carbonyl (C=O) groups is 3. The Morgan fingerprint density at radius 2 is 1.63 bits per heavy atom. The summed E-state index contributed by atoms with van der Waals surface area (Å²) in [7, 11) is 2.79. The quantitative estimate of drug-likeness (QED) is 0.527. The summed E-state index contributed by atoms with van der Waals surface area (Å²) in [5.41, 5.74) is 0.582. The number of benzene rings is 2. The van der Waals surface area contributed by atoms with Crippen molar-refractivity contribution in [2.45, 2.75) is 0 Å². The van der Waals surface area contributed by atoms with Crippen LogP contribution in [0.15, 0.2) is 53.9 Å². The molecular weight excluding hydrogens is 408 g/mol. The van der Waals surface area contributed by atoms with E-state index in [1.807, 2.05) is 0 Å². The molecule has 0 aliphatic rings. The summed E-state index contributed by atoms with van der Waals surface area (Å²) in [5, 5.41) is 16.6. The number of amides is 2. The summed E-state index contributed by atoms with van der Waals surface area (Å²) in [4.78, 5) is 37.1. The molecule has 30 heavy (non-hydrogen) atoms. The lowest BCUT2D eigenvalue weighted by atomic mass is 10.1. The van der Waals surface area contributed by atoms with Crippen molar-refractivity contribution in [3.05, 3.63) is 69.9 Å². The van der Waals surface area contributed by atoms with Crippen molar-refractivity contribution in [1.82, 2.24) is 0 Å². The molecule has 0 aliphatic carbocycles. The number of rotatable bonds is 7. The Labute approximate surface area is 176 Å². The number of ether oxygens (including phenoxy) is 2. The van der Waals surface area contributed by atoms with Crippen LogP contribution in [0.5, 0.6) is 11.5 Å². The van der Waals surface area contributed by atoms with Gasteiger partial charge in [0, 0.05) is 23.4 Å². The first-order valence-corrected chi connectivity index (χ1v) is 9.56. The number of thiophene rings is 1. The number of hydrogen-bond donors (Lipinski definition) is 3. The molecule has 3 rings (SSSR count). The predicted octanol–water partition coefficient (Wildman–Crippen LogP) is 3.97. The maximum Gasteiger partial charge on any atom is 0.337 e. The van der Waals surface area contributed by atoms with Gasteiger partial charge in [0.15, 0.2) is 11.5 Å². The summed E-state index contributed by atoms with van der Waals surface area (Å²) in [6.45, 7) is 0. The van der Waals surface area contributed by atoms with E-state index in [4.69, 9.17) is 9.47 Å². The van der Waals surface area contributed by atoms with Crippen LogP contribution < -0.4 is 20.1 Å². The lowest BCUT2D eigenvalue weighted by Crippen LogP contribution is -2.16. The summed E-state index contributed by atoms with van der Waals surface area (Å²) >= 11 is 1.30. The second-order valence-corrected chi connectivity index (χ2v) is 6.97. The van der Waals surface area contributed by atoms with Gasteiger partial charge in [-0.1, -0.05) is 12.1 Å². The number of aromatic carboxylic acids is 1. The molecule has 154 valence electrons. The highest BCUT2D eigenvalue weighted by Crippen LogP contribution is 2.33. The van der Waals surface area contributed by atoms with Crippen LogP contribution in [-0.2, 0) is 0 Å². The van der Waals surface area contributed by atoms with Gasteiger partial charge < -0.3 is 25.2 Å². The molecule has 3 aromatic rings. The van der Waals surface area contributed by atoms with Gasteiger partial charge in [0.1, 0.15) is 0 Å². The summed E-state index contributed by atoms with van der Waals surface area (Å²) in [6, 6.07) is 12.4. The molecule has 1 heterocycles. The number of methoxy groups -OCH3 is 2. The standard InChI is InChI=1S/C21H18N2O6S/c1-28-16-10-14(21(26)27)15(11-17(16)29-2)23-19(24)12-5-3-6-13(9-12)22-20(25)18-7-4-8-30-18/h3-11H,1-2H3,(H,22,25)(H,23,24)(H,26,27). The lowest BCUT2D eigenvalue weighted by Gasteiger charge is -2.14. The van der Waals surface area contributed by atoms with Crippen LogP contribution >= 0.6 is 11.3 Å². The van der Waals surface area contributed by atoms with Crippen molar-refractivity contribution in [1.29, 1.82) is 0 Å². The summed E-state index contributed by atoms with van der Waals surface area (Å²) in [6.07, 6.45) is 0. The van der Waals surface area contributed by atoms with Gasteiger partial charge in [0.2, 0.25) is 0 Å². The molecule has 0 atom stereocenters. The largest absolute Gasteiger partial charge is 0.493 e. The second-order valence-electron chi connectivity index (χ2n) is 6.02. The van der Waals surface area contributed by atoms with Gasteiger partial charge >= 0.3 is 5.97 Å². The summed E-state index contributed by atoms with van der Waals surface area (Å²) in [5.74, 6) is -1.56. The van der Waals surface area contributed by atoms with Crippen molar-refractivity contribution in [3.8, 4) is 11.5 Å². The highest BCUT2D eigenvalue weighted by molar-refractivity contribution is 7.12. The molecule has 0 saturated carbocycles. The average Bonchev–Trinajstić information content (AvgIpc) is 3.28. The van der Waals surface area contributed by atoms with Crippen molar-refractivity contribution >= 4 is 40.5 Å². The third-order valence-electron chi connectivity index (χ3n) is 4.13. The minimum absolute atomic E-state index is 0.0539. The van der Waals surface area contributed by atoms with Gasteiger partial charge in [0.25, 0.3) is 11.8 Å². The Bertz CT molecular complexity index is 1090. The van der Waals surface area contributed by atoms with Crippen LogP contribution in [-0.4, -0.2) is 37.1 Å². The zero-order valence-electron chi connectivity index (χ0n) is 16.1. The maximum atomic E-state index is 12.7. The van der Waals surface area contributed by atoms with Crippen molar-refractivity contribution in [2.75, 3.05) is 24.9 Å². The van der Waals surface area contributed by atoms with Crippen LogP contribution in [0.25, 0.3) is 0 Å². The molecule has 0 spiro atoms. The Morgan fingerprint density at radius 1 is 0.900 bits per heavy atom. The smallest absolute Gasteiger partial charge is 0.337 e. The number of hydrogen-bond acceptors (Lipinski definition) is 6. The molecule has 3 N–H and O–H groups in total. The van der Waals surface area contributed by atoms with E-state index in [-0.39, 0.29) is 34.2 Å². The van der Waals surface area contributed by atoms with E-state index in [1.165, 1.54) is 43.8 Å². The fourth-order valence-electron chi connectivity index (χ4n) is 2.69. The van der Waals surface area contributed by atoms with E-state index < -0.39 is 11.9 Å². The van der Waals surface area contributed by atoms with Crippen molar-refractivity contribution in [2.24, 2.45) is 0 Å². The van der Waals surface area contributed by atoms with Crippen molar-refractivity contribution in [3.63, 3.8) is 0 Å². The average molecular weight is 426 g/mol. The molecule has 0 fully saturated rings. The monoisotopic (exact) mass is 426 g/mol. The molecular formula is C21H18N2O6S. The Hall–Kier alpha value is -3.85. The Kier molecular flexibility index (Phi) is 6.33. The predicted molar refractivity (Wildman–Crippen MR) is 113 cm³/mol. The molecule has 9 heteroatoms. The van der Waals surface area contributed by atoms with Gasteiger partial charge in [0.05, 0.1) is 30.3 Å². The number of nitrogens with one attached hydrogen (secondary N) is 2. The van der Waals surface area contributed by atoms with Crippen LogP contribution in [0.2, 0.25) is 0 Å². The van der Waals surface area contributed by atoms with Crippen LogP contribution in [0.3, 0.4) is 0 Å². The van der Waals surface area contributed by atoms with Gasteiger partial charge in [-0.25, -0.2) is 4.79 Å². The number of carboxylic acids is 1. The second kappa shape index (κ2) is 9.10. The topological polar surface area (TPSA) is 114 Å². The molecule has 0 saturated heterocycles. The van der Waals surface area contributed by atoms with E-state index in [2.05, 4.69) is 10.6 Å². The SMILES string of the molecule is COc1cc(NC(=O)c2cccc(NC(=O)c3cccs3)c2)c(C(=O)O)cc1OC. The van der Waals surface area contributed by atoms with Crippen LogP contribution in [0, 0.1) is 0 Å². The molecule has 2 aromatic carbocycles. The third-order valence-corrected chi connectivity index (χ3v) is 5.00. The number of anilines is 2. The molecule has 0 bridgehead atoms. The van der Waals surface area contributed by atoms with E-state index in [1.54, 1.807) is 35.7 Å². The van der Waals surface area contributed by atoms with Crippen LogP contribution in [0.4, 0.5) is 11.4 Å². The molecule has 8 nitrogen and oxygen atoms in total. The molecule has 1 aromatic heterocycles. The zero-order valence-corrected chi connectivity index (χ0v) is 16.9. The lowest BCUT2D eigenvalue weighted by molar-refractivity contribution is 0.0697. The normalized spacial score (nSPS) is 10.2. The van der Waals surface area contributed by atoms with Crippen molar-refractivity contribution < 1.29 is 29.0 Å². The molecule has 0 unspecified atom stereocenters. The zero-order chi connectivity index (χ0) is 21.7. The van der Waals surface area contributed by atoms with E-state index in [0.717, 1.165) is 0 Å².